The third-order valence-electron chi connectivity index (χ3n) is 3.72. The fourth-order valence-corrected chi connectivity index (χ4v) is 3.03. The minimum atomic E-state index is 1.11. The van der Waals surface area contributed by atoms with Crippen molar-refractivity contribution in [2.45, 2.75) is 45.4 Å². The first kappa shape index (κ1) is 6.69. The van der Waals surface area contributed by atoms with Crippen LogP contribution in [0.5, 0.6) is 0 Å². The zero-order valence-electron chi connectivity index (χ0n) is 6.97. The van der Waals surface area contributed by atoms with Crippen LogP contribution in [-0.2, 0) is 0 Å². The van der Waals surface area contributed by atoms with Crippen molar-refractivity contribution in [2.75, 3.05) is 0 Å². The summed E-state index contributed by atoms with van der Waals surface area (Å²) in [6, 6.07) is 0. The molecule has 0 aromatic rings. The minimum absolute atomic E-state index is 1.11. The summed E-state index contributed by atoms with van der Waals surface area (Å²) >= 11 is 0. The molecule has 2 aliphatic carbocycles. The number of fused-ring (bicyclic) bond motifs is 2. The standard InChI is InChI=1S/C10H18/c1-2-9-5-3-8-4-6-10(9)7-8/h8-10H,2-7H2,1H3. The van der Waals surface area contributed by atoms with Crippen LogP contribution in [0, 0.1) is 17.8 Å². The smallest absolute Gasteiger partial charge is 0.0383 e. The molecule has 0 heterocycles. The van der Waals surface area contributed by atoms with E-state index >= 15 is 0 Å². The minimum Gasteiger partial charge on any atom is -0.0651 e. The molecule has 0 aromatic carbocycles. The zero-order valence-corrected chi connectivity index (χ0v) is 6.97. The second-order valence-electron chi connectivity index (χ2n) is 4.18. The van der Waals surface area contributed by atoms with Crippen LogP contribution in [0.3, 0.4) is 0 Å². The Labute approximate surface area is 64.0 Å². The highest BCUT2D eigenvalue weighted by atomic mass is 14.4. The van der Waals surface area contributed by atoms with Crippen molar-refractivity contribution in [3.8, 4) is 0 Å². The lowest BCUT2D eigenvalue weighted by Crippen LogP contribution is -2.16. The SMILES string of the molecule is CCC1CCC2CCC1C2. The van der Waals surface area contributed by atoms with E-state index in [1.54, 1.807) is 32.1 Å². The Kier molecular flexibility index (Phi) is 1.71. The summed E-state index contributed by atoms with van der Waals surface area (Å²) in [4.78, 5) is 0. The van der Waals surface area contributed by atoms with Crippen molar-refractivity contribution < 1.29 is 0 Å². The van der Waals surface area contributed by atoms with Crippen molar-refractivity contribution in [1.82, 2.24) is 0 Å². The van der Waals surface area contributed by atoms with Gasteiger partial charge >= 0.3 is 0 Å². The van der Waals surface area contributed by atoms with Crippen molar-refractivity contribution in [3.05, 3.63) is 0 Å². The van der Waals surface area contributed by atoms with Gasteiger partial charge in [-0.15, -0.1) is 0 Å². The van der Waals surface area contributed by atoms with Crippen LogP contribution in [0.4, 0.5) is 0 Å². The molecule has 2 aliphatic rings. The summed E-state index contributed by atoms with van der Waals surface area (Å²) in [6.45, 7) is 2.36. The van der Waals surface area contributed by atoms with Gasteiger partial charge in [-0.25, -0.2) is 0 Å². The Morgan fingerprint density at radius 1 is 1.10 bits per heavy atom. The average Bonchev–Trinajstić information content (AvgIpc) is 2.34. The van der Waals surface area contributed by atoms with Crippen LogP contribution in [0.1, 0.15) is 45.4 Å². The fraction of sp³-hybridized carbons (Fsp3) is 1.00. The molecule has 0 saturated heterocycles. The summed E-state index contributed by atoms with van der Waals surface area (Å²) in [5, 5.41) is 0. The van der Waals surface area contributed by atoms with Gasteiger partial charge in [-0.05, 0) is 37.0 Å². The van der Waals surface area contributed by atoms with Gasteiger partial charge in [-0.1, -0.05) is 26.2 Å². The summed E-state index contributed by atoms with van der Waals surface area (Å²) in [6.07, 6.45) is 9.24. The maximum atomic E-state index is 2.36. The lowest BCUT2D eigenvalue weighted by atomic mass is 9.79. The van der Waals surface area contributed by atoms with E-state index in [0.717, 1.165) is 17.8 Å². The van der Waals surface area contributed by atoms with Crippen LogP contribution in [-0.4, -0.2) is 0 Å². The highest BCUT2D eigenvalue weighted by Crippen LogP contribution is 2.46. The Bertz CT molecular complexity index is 117. The monoisotopic (exact) mass is 138 g/mol. The van der Waals surface area contributed by atoms with E-state index in [-0.39, 0.29) is 0 Å². The molecule has 0 aromatic heterocycles. The van der Waals surface area contributed by atoms with Gasteiger partial charge in [0.1, 0.15) is 0 Å². The largest absolute Gasteiger partial charge is 0.0651 e. The molecular formula is C10H18. The first-order valence-corrected chi connectivity index (χ1v) is 4.90. The highest BCUT2D eigenvalue weighted by Gasteiger charge is 2.34. The van der Waals surface area contributed by atoms with Crippen molar-refractivity contribution >= 4 is 0 Å². The lowest BCUT2D eigenvalue weighted by molar-refractivity contribution is 0.240. The maximum absolute atomic E-state index is 2.36. The summed E-state index contributed by atoms with van der Waals surface area (Å²) in [7, 11) is 0. The van der Waals surface area contributed by atoms with Gasteiger partial charge in [0.2, 0.25) is 0 Å². The van der Waals surface area contributed by atoms with Gasteiger partial charge in [0, 0.05) is 0 Å². The van der Waals surface area contributed by atoms with Gasteiger partial charge in [0.15, 0.2) is 0 Å². The van der Waals surface area contributed by atoms with Crippen LogP contribution in [0.15, 0.2) is 0 Å². The van der Waals surface area contributed by atoms with E-state index in [0.29, 0.717) is 0 Å². The van der Waals surface area contributed by atoms with E-state index in [9.17, 15) is 0 Å². The Morgan fingerprint density at radius 3 is 2.70 bits per heavy atom. The topological polar surface area (TPSA) is 0 Å². The van der Waals surface area contributed by atoms with Gasteiger partial charge in [0.25, 0.3) is 0 Å². The maximum Gasteiger partial charge on any atom is -0.0383 e. The first-order valence-electron chi connectivity index (χ1n) is 4.90. The predicted octanol–water partition coefficient (Wildman–Crippen LogP) is 3.22. The van der Waals surface area contributed by atoms with Gasteiger partial charge < -0.3 is 0 Å². The average molecular weight is 138 g/mol. The fourth-order valence-electron chi connectivity index (χ4n) is 3.03. The Morgan fingerprint density at radius 2 is 1.90 bits per heavy atom. The lowest BCUT2D eigenvalue weighted by Gasteiger charge is -2.27. The molecule has 3 atom stereocenters. The molecular weight excluding hydrogens is 120 g/mol. The van der Waals surface area contributed by atoms with Gasteiger partial charge in [0.05, 0.1) is 0 Å². The molecule has 0 amide bonds. The van der Waals surface area contributed by atoms with Crippen LogP contribution in [0.2, 0.25) is 0 Å². The molecule has 0 radical (unpaired) electrons. The molecule has 2 fully saturated rings. The van der Waals surface area contributed by atoms with Crippen LogP contribution >= 0.6 is 0 Å². The van der Waals surface area contributed by atoms with E-state index in [1.807, 2.05) is 0 Å². The van der Waals surface area contributed by atoms with Crippen molar-refractivity contribution in [3.63, 3.8) is 0 Å². The second kappa shape index (κ2) is 2.56. The molecule has 2 saturated carbocycles. The van der Waals surface area contributed by atoms with Gasteiger partial charge in [-0.3, -0.25) is 0 Å². The molecule has 0 heteroatoms. The Balaban J connectivity index is 2.00. The van der Waals surface area contributed by atoms with E-state index in [4.69, 9.17) is 0 Å². The molecule has 58 valence electrons. The van der Waals surface area contributed by atoms with E-state index in [2.05, 4.69) is 6.92 Å². The Hall–Kier alpha value is 0. The molecule has 10 heavy (non-hydrogen) atoms. The molecule has 0 aliphatic heterocycles. The summed E-state index contributed by atoms with van der Waals surface area (Å²) < 4.78 is 0. The van der Waals surface area contributed by atoms with E-state index < -0.39 is 0 Å². The zero-order chi connectivity index (χ0) is 6.97. The van der Waals surface area contributed by atoms with Crippen molar-refractivity contribution in [2.24, 2.45) is 17.8 Å². The third-order valence-corrected chi connectivity index (χ3v) is 3.72. The number of rotatable bonds is 1. The number of hydrogen-bond acceptors (Lipinski definition) is 0. The normalized spacial score (nSPS) is 45.9. The first-order chi connectivity index (χ1) is 4.90. The molecule has 0 nitrogen and oxygen atoms in total. The van der Waals surface area contributed by atoms with Crippen LogP contribution < -0.4 is 0 Å². The highest BCUT2D eigenvalue weighted by molar-refractivity contribution is 4.85. The molecule has 3 unspecified atom stereocenters. The van der Waals surface area contributed by atoms with Crippen LogP contribution in [0.25, 0.3) is 0 Å². The molecule has 0 spiro atoms. The number of hydrogen-bond donors (Lipinski definition) is 0. The summed E-state index contributed by atoms with van der Waals surface area (Å²) in [5.74, 6) is 3.40. The molecule has 0 N–H and O–H groups in total. The van der Waals surface area contributed by atoms with E-state index in [1.165, 1.54) is 6.42 Å². The predicted molar refractivity (Wildman–Crippen MR) is 43.8 cm³/mol. The quantitative estimate of drug-likeness (QED) is 0.522. The third kappa shape index (κ3) is 0.980. The molecule has 2 rings (SSSR count). The van der Waals surface area contributed by atoms with Crippen molar-refractivity contribution in [1.29, 1.82) is 0 Å². The van der Waals surface area contributed by atoms with Gasteiger partial charge in [-0.2, -0.15) is 0 Å². The second-order valence-corrected chi connectivity index (χ2v) is 4.18. The molecule has 2 bridgehead atoms. The summed E-state index contributed by atoms with van der Waals surface area (Å²) in [5.41, 5.74) is 0.